The van der Waals surface area contributed by atoms with Crippen molar-refractivity contribution in [3.8, 4) is 39.9 Å². The zero-order valence-electron chi connectivity index (χ0n) is 33.3. The third-order valence-electron chi connectivity index (χ3n) is 12.7. The van der Waals surface area contributed by atoms with E-state index in [2.05, 4.69) is 171 Å². The molecule has 0 saturated heterocycles. The van der Waals surface area contributed by atoms with Gasteiger partial charge in [-0.05, 0) is 116 Å². The Labute approximate surface area is 356 Å². The minimum atomic E-state index is -0.0154. The molecular formula is C55H35N7. The highest BCUT2D eigenvalue weighted by molar-refractivity contribution is 6.25. The highest BCUT2D eigenvalue weighted by Crippen LogP contribution is 2.49. The predicted molar refractivity (Wildman–Crippen MR) is 252 cm³/mol. The van der Waals surface area contributed by atoms with Crippen LogP contribution in [0, 0.1) is 0 Å². The summed E-state index contributed by atoms with van der Waals surface area (Å²) in [5, 5.41) is 10.1. The van der Waals surface area contributed by atoms with Crippen LogP contribution in [0.3, 0.4) is 0 Å². The number of pyridine rings is 2. The van der Waals surface area contributed by atoms with Crippen LogP contribution in [0.5, 0.6) is 0 Å². The quantitative estimate of drug-likeness (QED) is 0.162. The molecule has 2 aliphatic rings. The van der Waals surface area contributed by atoms with Gasteiger partial charge >= 0.3 is 0 Å². The molecular weight excluding hydrogens is 759 g/mol. The highest BCUT2D eigenvalue weighted by Gasteiger charge is 2.39. The molecule has 2 unspecified atom stereocenters. The van der Waals surface area contributed by atoms with Crippen molar-refractivity contribution >= 4 is 65.8 Å². The zero-order chi connectivity index (χ0) is 40.7. The molecule has 0 bridgehead atoms. The van der Waals surface area contributed by atoms with Gasteiger partial charge in [-0.1, -0.05) is 121 Å². The van der Waals surface area contributed by atoms with E-state index in [9.17, 15) is 0 Å². The molecule has 5 heterocycles. The summed E-state index contributed by atoms with van der Waals surface area (Å²) in [6, 6.07) is 58.6. The first-order valence-electron chi connectivity index (χ1n) is 21.0. The van der Waals surface area contributed by atoms with E-state index >= 15 is 0 Å². The maximum absolute atomic E-state index is 5.07. The van der Waals surface area contributed by atoms with E-state index in [0.717, 1.165) is 16.9 Å². The van der Waals surface area contributed by atoms with E-state index in [1.807, 2.05) is 36.4 Å². The first-order valence-corrected chi connectivity index (χ1v) is 21.0. The molecule has 0 radical (unpaired) electrons. The molecule has 0 amide bonds. The lowest BCUT2D eigenvalue weighted by atomic mass is 9.89. The number of anilines is 2. The normalized spacial score (nSPS) is 15.6. The van der Waals surface area contributed by atoms with E-state index in [0.29, 0.717) is 29.0 Å². The molecule has 7 aromatic carbocycles. The number of allylic oxidation sites excluding steroid dienone is 2. The number of para-hydroxylation sites is 1. The fraction of sp³-hybridized carbons (Fsp3) is 0.0364. The van der Waals surface area contributed by atoms with E-state index in [1.54, 1.807) is 12.4 Å². The van der Waals surface area contributed by atoms with Gasteiger partial charge in [0.25, 0.3) is 0 Å². The third kappa shape index (κ3) is 5.28. The first kappa shape index (κ1) is 34.6. The summed E-state index contributed by atoms with van der Waals surface area (Å²) < 4.78 is 2.43. The van der Waals surface area contributed by atoms with Crippen molar-refractivity contribution in [3.63, 3.8) is 0 Å². The molecule has 290 valence electrons. The van der Waals surface area contributed by atoms with Gasteiger partial charge in [-0.2, -0.15) is 9.97 Å². The summed E-state index contributed by atoms with van der Waals surface area (Å²) in [7, 11) is 0. The third-order valence-corrected chi connectivity index (χ3v) is 12.7. The first-order chi connectivity index (χ1) is 30.7. The highest BCUT2D eigenvalue weighted by atomic mass is 15.3. The maximum atomic E-state index is 5.07. The summed E-state index contributed by atoms with van der Waals surface area (Å²) in [6.45, 7) is 0. The van der Waals surface area contributed by atoms with Crippen LogP contribution in [0.2, 0.25) is 0 Å². The van der Waals surface area contributed by atoms with Gasteiger partial charge in [0.1, 0.15) is 11.4 Å². The second kappa shape index (κ2) is 13.6. The molecule has 7 nitrogen and oxygen atoms in total. The molecule has 0 fully saturated rings. The second-order valence-corrected chi connectivity index (χ2v) is 16.0. The monoisotopic (exact) mass is 793 g/mol. The summed E-state index contributed by atoms with van der Waals surface area (Å²) in [4.78, 5) is 26.4. The lowest BCUT2D eigenvalue weighted by Crippen LogP contribution is -2.30. The van der Waals surface area contributed by atoms with Gasteiger partial charge in [-0.3, -0.25) is 9.97 Å². The number of nitrogens with zero attached hydrogens (tertiary/aromatic N) is 7. The largest absolute Gasteiger partial charge is 0.309 e. The van der Waals surface area contributed by atoms with E-state index in [4.69, 9.17) is 15.0 Å². The fourth-order valence-electron chi connectivity index (χ4n) is 9.91. The summed E-state index contributed by atoms with van der Waals surface area (Å²) in [5.41, 5.74) is 9.49. The van der Waals surface area contributed by atoms with Crippen LogP contribution in [-0.4, -0.2) is 35.5 Å². The van der Waals surface area contributed by atoms with Crippen LogP contribution in [0.25, 0.3) is 94.0 Å². The molecule has 0 N–H and O–H groups in total. The van der Waals surface area contributed by atoms with Gasteiger partial charge in [0.15, 0.2) is 11.6 Å². The molecule has 2 atom stereocenters. The molecule has 4 aromatic heterocycles. The predicted octanol–water partition coefficient (Wildman–Crippen LogP) is 12.9. The van der Waals surface area contributed by atoms with Crippen molar-refractivity contribution in [3.05, 3.63) is 206 Å². The topological polar surface area (TPSA) is 72.6 Å². The summed E-state index contributed by atoms with van der Waals surface area (Å²) in [6.07, 6.45) is 12.3. The van der Waals surface area contributed by atoms with E-state index in [1.165, 1.54) is 65.3 Å². The standard InChI is InChI=1S/C55H35N7/c1-2-15-39-37(13-1)38-14-3-4-16-40(38)44-33-36(25-26-41(39)44)61-49-21-7-5-17-42(49)45-31-34(23-27-51(45)61)35-24-28-52-46(32-35)43-18-6-8-22-50(43)62(52)55-59-53(47-19-9-11-29-56-47)58-54(60-55)48-20-10-12-30-57-48/h1-33,43,50H. The number of fused-ring (bicyclic) bond motifs is 12. The van der Waals surface area contributed by atoms with Gasteiger partial charge in [0.05, 0.1) is 17.1 Å². The van der Waals surface area contributed by atoms with E-state index in [-0.39, 0.29) is 12.0 Å². The average molecular weight is 794 g/mol. The second-order valence-electron chi connectivity index (χ2n) is 16.0. The molecule has 11 aromatic rings. The van der Waals surface area contributed by atoms with Crippen molar-refractivity contribution in [2.24, 2.45) is 0 Å². The molecule has 13 rings (SSSR count). The maximum Gasteiger partial charge on any atom is 0.234 e. The van der Waals surface area contributed by atoms with Crippen molar-refractivity contribution in [1.82, 2.24) is 29.5 Å². The van der Waals surface area contributed by atoms with Crippen LogP contribution in [0.4, 0.5) is 11.6 Å². The number of benzene rings is 7. The van der Waals surface area contributed by atoms with Crippen LogP contribution in [0.1, 0.15) is 11.5 Å². The average Bonchev–Trinajstić information content (AvgIpc) is 3.86. The number of rotatable bonds is 5. The molecule has 1 aliphatic heterocycles. The Balaban J connectivity index is 0.944. The van der Waals surface area contributed by atoms with Crippen molar-refractivity contribution in [1.29, 1.82) is 0 Å². The van der Waals surface area contributed by atoms with Gasteiger partial charge in [0.2, 0.25) is 5.95 Å². The fourth-order valence-corrected chi connectivity index (χ4v) is 9.91. The number of hydrogen-bond donors (Lipinski definition) is 0. The SMILES string of the molecule is C1=CC2c3cc(-c4ccc5c(c4)c4ccccc4n5-c4ccc5c6ccccc6c6ccccc6c5c4)ccc3N(c3nc(-c4ccccn4)nc(-c4ccccn4)n3)C2C=C1. The van der Waals surface area contributed by atoms with Crippen LogP contribution in [-0.2, 0) is 0 Å². The summed E-state index contributed by atoms with van der Waals surface area (Å²) >= 11 is 0. The van der Waals surface area contributed by atoms with Crippen molar-refractivity contribution in [2.75, 3.05) is 4.90 Å². The van der Waals surface area contributed by atoms with Crippen molar-refractivity contribution in [2.45, 2.75) is 12.0 Å². The lowest BCUT2D eigenvalue weighted by molar-refractivity contribution is 0.728. The van der Waals surface area contributed by atoms with Crippen LogP contribution in [0.15, 0.2) is 200 Å². The Bertz CT molecular complexity index is 3570. The molecule has 62 heavy (non-hydrogen) atoms. The van der Waals surface area contributed by atoms with E-state index < -0.39 is 0 Å². The summed E-state index contributed by atoms with van der Waals surface area (Å²) in [5.74, 6) is 1.68. The molecule has 0 spiro atoms. The minimum Gasteiger partial charge on any atom is -0.309 e. The lowest BCUT2D eigenvalue weighted by Gasteiger charge is -2.27. The Morgan fingerprint density at radius 3 is 1.69 bits per heavy atom. The Morgan fingerprint density at radius 2 is 1.00 bits per heavy atom. The molecule has 7 heteroatoms. The Kier molecular flexibility index (Phi) is 7.59. The number of aromatic nitrogens is 6. The van der Waals surface area contributed by atoms with Gasteiger partial charge in [-0.15, -0.1) is 0 Å². The smallest absolute Gasteiger partial charge is 0.234 e. The molecule has 0 saturated carbocycles. The van der Waals surface area contributed by atoms with Gasteiger partial charge in [0, 0.05) is 40.5 Å². The zero-order valence-corrected chi connectivity index (χ0v) is 33.3. The van der Waals surface area contributed by atoms with Crippen molar-refractivity contribution < 1.29 is 0 Å². The van der Waals surface area contributed by atoms with Gasteiger partial charge in [-0.25, -0.2) is 4.98 Å². The minimum absolute atomic E-state index is 0.0154. The number of hydrogen-bond acceptors (Lipinski definition) is 6. The Hall–Kier alpha value is -8.29. The van der Waals surface area contributed by atoms with Crippen LogP contribution >= 0.6 is 0 Å². The Morgan fingerprint density at radius 1 is 0.419 bits per heavy atom. The molecule has 1 aliphatic carbocycles. The van der Waals surface area contributed by atoms with Gasteiger partial charge < -0.3 is 9.47 Å². The van der Waals surface area contributed by atoms with Crippen LogP contribution < -0.4 is 4.90 Å².